The first kappa shape index (κ1) is 16.3. The van der Waals surface area contributed by atoms with Gasteiger partial charge >= 0.3 is 12.0 Å². The number of amides is 3. The quantitative estimate of drug-likeness (QED) is 0.573. The topological polar surface area (TPSA) is 108 Å². The lowest BCUT2D eigenvalue weighted by Gasteiger charge is -2.25. The molecule has 1 fully saturated rings. The summed E-state index contributed by atoms with van der Waals surface area (Å²) in [5, 5.41) is 17.0. The molecule has 0 radical (unpaired) electrons. The maximum atomic E-state index is 11.7. The smallest absolute Gasteiger partial charge is 0.329 e. The molecule has 7 nitrogen and oxygen atoms in total. The molecule has 7 heteroatoms. The van der Waals surface area contributed by atoms with Crippen molar-refractivity contribution in [2.45, 2.75) is 57.5 Å². The van der Waals surface area contributed by atoms with Crippen LogP contribution in [0.4, 0.5) is 4.79 Å². The van der Waals surface area contributed by atoms with Crippen molar-refractivity contribution >= 4 is 17.9 Å². The molecule has 20 heavy (non-hydrogen) atoms. The average Bonchev–Trinajstić information content (AvgIpc) is 2.77. The molecule has 0 bridgehead atoms. The first-order valence-corrected chi connectivity index (χ1v) is 6.94. The molecule has 0 spiro atoms. The number of carbonyl (C=O) groups excluding carboxylic acids is 2. The summed E-state index contributed by atoms with van der Waals surface area (Å²) < 4.78 is 0. The highest BCUT2D eigenvalue weighted by molar-refractivity contribution is 5.86. The third-order valence-corrected chi connectivity index (χ3v) is 3.31. The number of hydrogen-bond acceptors (Lipinski definition) is 3. The van der Waals surface area contributed by atoms with E-state index >= 15 is 0 Å². The Hall–Kier alpha value is -1.79. The number of urea groups is 1. The highest BCUT2D eigenvalue weighted by Gasteiger charge is 2.42. The molecule has 1 rings (SSSR count). The van der Waals surface area contributed by atoms with Crippen molar-refractivity contribution < 1.29 is 19.5 Å². The molecule has 0 aliphatic heterocycles. The highest BCUT2D eigenvalue weighted by Crippen LogP contribution is 2.29. The molecule has 3 amide bonds. The molecule has 0 aromatic rings. The molecule has 1 aliphatic carbocycles. The third kappa shape index (κ3) is 4.71. The lowest BCUT2D eigenvalue weighted by Crippen LogP contribution is -2.55. The molecule has 0 aromatic heterocycles. The number of carboxylic acids is 1. The molecule has 0 atom stereocenters. The van der Waals surface area contributed by atoms with Crippen LogP contribution in [0.1, 0.15) is 46.0 Å². The van der Waals surface area contributed by atoms with Gasteiger partial charge in [-0.3, -0.25) is 4.79 Å². The predicted molar refractivity (Wildman–Crippen MR) is 73.3 cm³/mol. The van der Waals surface area contributed by atoms with Gasteiger partial charge in [0, 0.05) is 19.0 Å². The van der Waals surface area contributed by atoms with Crippen molar-refractivity contribution in [2.24, 2.45) is 0 Å². The second-order valence-electron chi connectivity index (χ2n) is 5.45. The normalized spacial score (nSPS) is 16.8. The van der Waals surface area contributed by atoms with E-state index in [0.717, 1.165) is 12.8 Å². The second kappa shape index (κ2) is 7.12. The number of hydrogen-bond donors (Lipinski definition) is 4. The Kier molecular flexibility index (Phi) is 5.79. The molecule has 1 saturated carbocycles. The van der Waals surface area contributed by atoms with Gasteiger partial charge < -0.3 is 21.1 Å². The van der Waals surface area contributed by atoms with Gasteiger partial charge in [0.05, 0.1) is 0 Å². The second-order valence-corrected chi connectivity index (χ2v) is 5.45. The van der Waals surface area contributed by atoms with Crippen LogP contribution in [0.5, 0.6) is 0 Å². The largest absolute Gasteiger partial charge is 0.480 e. The predicted octanol–water partition coefficient (Wildman–Crippen LogP) is 0.598. The van der Waals surface area contributed by atoms with E-state index in [1.807, 2.05) is 13.8 Å². The number of nitrogens with one attached hydrogen (secondary N) is 3. The van der Waals surface area contributed by atoms with Gasteiger partial charge in [0.2, 0.25) is 5.91 Å². The standard InChI is InChI=1S/C13H23N3O4/c1-9(2)15-10(17)5-8-14-12(20)16-13(11(18)19)6-3-4-7-13/h9H,3-8H2,1-2H3,(H,15,17)(H,18,19)(H2,14,16,20). The van der Waals surface area contributed by atoms with Crippen molar-refractivity contribution in [1.82, 2.24) is 16.0 Å². The monoisotopic (exact) mass is 285 g/mol. The van der Waals surface area contributed by atoms with E-state index in [0.29, 0.717) is 12.8 Å². The fourth-order valence-electron chi connectivity index (χ4n) is 2.32. The lowest BCUT2D eigenvalue weighted by molar-refractivity contribution is -0.144. The summed E-state index contributed by atoms with van der Waals surface area (Å²) in [4.78, 5) is 34.3. The van der Waals surface area contributed by atoms with E-state index in [1.54, 1.807) is 0 Å². The molecular weight excluding hydrogens is 262 g/mol. The summed E-state index contributed by atoms with van der Waals surface area (Å²) in [7, 11) is 0. The summed E-state index contributed by atoms with van der Waals surface area (Å²) in [5.41, 5.74) is -1.15. The summed E-state index contributed by atoms with van der Waals surface area (Å²) in [6, 6.07) is -0.475. The summed E-state index contributed by atoms with van der Waals surface area (Å²) in [5.74, 6) is -1.14. The zero-order valence-electron chi connectivity index (χ0n) is 12.0. The molecule has 4 N–H and O–H groups in total. The summed E-state index contributed by atoms with van der Waals surface area (Å²) in [6.45, 7) is 3.89. The van der Waals surface area contributed by atoms with Crippen molar-refractivity contribution in [3.63, 3.8) is 0 Å². The van der Waals surface area contributed by atoms with Crippen LogP contribution in [0, 0.1) is 0 Å². The number of carbonyl (C=O) groups is 3. The van der Waals surface area contributed by atoms with Gasteiger partial charge in [0.25, 0.3) is 0 Å². The molecule has 114 valence electrons. The van der Waals surface area contributed by atoms with Gasteiger partial charge in [0.15, 0.2) is 0 Å². The molecule has 0 unspecified atom stereocenters. The Bertz CT molecular complexity index is 376. The first-order chi connectivity index (χ1) is 9.35. The van der Waals surface area contributed by atoms with Crippen LogP contribution in [0.15, 0.2) is 0 Å². The number of rotatable bonds is 6. The SMILES string of the molecule is CC(C)NC(=O)CCNC(=O)NC1(C(=O)O)CCCC1. The van der Waals surface area contributed by atoms with Crippen LogP contribution in [0.3, 0.4) is 0 Å². The third-order valence-electron chi connectivity index (χ3n) is 3.31. The maximum Gasteiger partial charge on any atom is 0.329 e. The van der Waals surface area contributed by atoms with Crippen LogP contribution in [-0.4, -0.2) is 41.1 Å². The fraction of sp³-hybridized carbons (Fsp3) is 0.769. The van der Waals surface area contributed by atoms with Crippen LogP contribution in [0.25, 0.3) is 0 Å². The van der Waals surface area contributed by atoms with E-state index in [2.05, 4.69) is 16.0 Å². The summed E-state index contributed by atoms with van der Waals surface area (Å²) >= 11 is 0. The van der Waals surface area contributed by atoms with Crippen molar-refractivity contribution in [2.75, 3.05) is 6.54 Å². The fourth-order valence-corrected chi connectivity index (χ4v) is 2.32. The van der Waals surface area contributed by atoms with E-state index in [1.165, 1.54) is 0 Å². The van der Waals surface area contributed by atoms with Crippen LogP contribution < -0.4 is 16.0 Å². The van der Waals surface area contributed by atoms with Gasteiger partial charge in [-0.1, -0.05) is 12.8 Å². The Morgan fingerprint density at radius 2 is 1.80 bits per heavy atom. The van der Waals surface area contributed by atoms with Crippen molar-refractivity contribution in [3.8, 4) is 0 Å². The minimum Gasteiger partial charge on any atom is -0.480 e. The number of aliphatic carboxylic acids is 1. The molecule has 0 aromatic carbocycles. The minimum atomic E-state index is -1.15. The zero-order valence-corrected chi connectivity index (χ0v) is 12.0. The van der Waals surface area contributed by atoms with Crippen molar-refractivity contribution in [1.29, 1.82) is 0 Å². The number of carboxylic acid groups (broad SMARTS) is 1. The molecule has 0 heterocycles. The van der Waals surface area contributed by atoms with E-state index in [9.17, 15) is 19.5 Å². The van der Waals surface area contributed by atoms with Crippen LogP contribution in [-0.2, 0) is 9.59 Å². The minimum absolute atomic E-state index is 0.0603. The molecule has 0 saturated heterocycles. The van der Waals surface area contributed by atoms with Crippen molar-refractivity contribution in [3.05, 3.63) is 0 Å². The average molecular weight is 285 g/mol. The van der Waals surface area contributed by atoms with Gasteiger partial charge in [-0.15, -0.1) is 0 Å². The Morgan fingerprint density at radius 3 is 2.30 bits per heavy atom. The molecular formula is C13H23N3O4. The molecule has 1 aliphatic rings. The zero-order chi connectivity index (χ0) is 15.2. The van der Waals surface area contributed by atoms with Crippen LogP contribution >= 0.6 is 0 Å². The van der Waals surface area contributed by atoms with E-state index in [4.69, 9.17) is 0 Å². The van der Waals surface area contributed by atoms with E-state index < -0.39 is 17.5 Å². The highest BCUT2D eigenvalue weighted by atomic mass is 16.4. The lowest BCUT2D eigenvalue weighted by atomic mass is 9.98. The first-order valence-electron chi connectivity index (χ1n) is 6.94. The van der Waals surface area contributed by atoms with Gasteiger partial charge in [-0.2, -0.15) is 0 Å². The summed E-state index contributed by atoms with van der Waals surface area (Å²) in [6.07, 6.45) is 2.66. The Morgan fingerprint density at radius 1 is 1.20 bits per heavy atom. The van der Waals surface area contributed by atoms with Gasteiger partial charge in [-0.25, -0.2) is 9.59 Å². The van der Waals surface area contributed by atoms with E-state index in [-0.39, 0.29) is 24.9 Å². The Labute approximate surface area is 118 Å². The van der Waals surface area contributed by atoms with Gasteiger partial charge in [-0.05, 0) is 26.7 Å². The maximum absolute atomic E-state index is 11.7. The van der Waals surface area contributed by atoms with Gasteiger partial charge in [0.1, 0.15) is 5.54 Å². The Balaban J connectivity index is 2.33. The van der Waals surface area contributed by atoms with Crippen LogP contribution in [0.2, 0.25) is 0 Å².